The molecule has 1 N–H and O–H groups in total. The van der Waals surface area contributed by atoms with Crippen LogP contribution in [-0.4, -0.2) is 58.4 Å². The monoisotopic (exact) mass is 270 g/mol. The molecule has 1 aliphatic rings. The summed E-state index contributed by atoms with van der Waals surface area (Å²) in [6.45, 7) is 6.78. The number of hydrogen-bond acceptors (Lipinski definition) is 3. The van der Waals surface area contributed by atoms with Crippen LogP contribution < -0.4 is 0 Å². The highest BCUT2D eigenvalue weighted by molar-refractivity contribution is 5.89. The van der Waals surface area contributed by atoms with Crippen LogP contribution in [0, 0.1) is 5.92 Å². The Labute approximate surface area is 113 Å². The van der Waals surface area contributed by atoms with E-state index in [1.54, 1.807) is 4.90 Å². The molecule has 1 saturated heterocycles. The van der Waals surface area contributed by atoms with Gasteiger partial charge in [-0.15, -0.1) is 0 Å². The molecule has 0 saturated carbocycles. The van der Waals surface area contributed by atoms with E-state index < -0.39 is 5.97 Å². The van der Waals surface area contributed by atoms with E-state index >= 15 is 0 Å². The summed E-state index contributed by atoms with van der Waals surface area (Å²) in [7, 11) is 0. The fourth-order valence-corrected chi connectivity index (χ4v) is 2.31. The summed E-state index contributed by atoms with van der Waals surface area (Å²) >= 11 is 0. The molecule has 1 heterocycles. The third-order valence-corrected chi connectivity index (χ3v) is 3.42. The molecule has 1 atom stereocenters. The van der Waals surface area contributed by atoms with Gasteiger partial charge in [0.2, 0.25) is 11.8 Å². The zero-order valence-electron chi connectivity index (χ0n) is 11.8. The molecule has 1 fully saturated rings. The van der Waals surface area contributed by atoms with Gasteiger partial charge < -0.3 is 14.9 Å². The highest BCUT2D eigenvalue weighted by Gasteiger charge is 2.37. The SMILES string of the molecule is CCN(CCC(=O)O)C(=O)C1CC(=O)N(C(C)C)C1. The fourth-order valence-electron chi connectivity index (χ4n) is 2.31. The first-order chi connectivity index (χ1) is 8.86. The standard InChI is InChI=1S/C13H22N2O4/c1-4-14(6-5-12(17)18)13(19)10-7-11(16)15(8-10)9(2)3/h9-10H,4-8H2,1-3H3,(H,17,18). The molecule has 1 aliphatic heterocycles. The maximum Gasteiger partial charge on any atom is 0.305 e. The predicted molar refractivity (Wildman–Crippen MR) is 69.5 cm³/mol. The second kappa shape index (κ2) is 6.54. The molecule has 0 aromatic carbocycles. The first-order valence-corrected chi connectivity index (χ1v) is 6.66. The largest absolute Gasteiger partial charge is 0.481 e. The Morgan fingerprint density at radius 1 is 1.47 bits per heavy atom. The van der Waals surface area contributed by atoms with Gasteiger partial charge in [0.1, 0.15) is 0 Å². The molecule has 1 unspecified atom stereocenters. The lowest BCUT2D eigenvalue weighted by molar-refractivity contribution is -0.140. The van der Waals surface area contributed by atoms with Crippen LogP contribution in [0.1, 0.15) is 33.6 Å². The van der Waals surface area contributed by atoms with Crippen LogP contribution in [0.25, 0.3) is 0 Å². The van der Waals surface area contributed by atoms with E-state index in [0.29, 0.717) is 13.1 Å². The number of amides is 2. The number of likely N-dealkylation sites (tertiary alicyclic amines) is 1. The van der Waals surface area contributed by atoms with Gasteiger partial charge in [0, 0.05) is 32.1 Å². The Morgan fingerprint density at radius 3 is 2.53 bits per heavy atom. The second-order valence-corrected chi connectivity index (χ2v) is 5.10. The highest BCUT2D eigenvalue weighted by atomic mass is 16.4. The minimum absolute atomic E-state index is 0.00244. The van der Waals surface area contributed by atoms with Crippen molar-refractivity contribution in [3.8, 4) is 0 Å². The van der Waals surface area contributed by atoms with Crippen LogP contribution in [0.4, 0.5) is 0 Å². The van der Waals surface area contributed by atoms with Gasteiger partial charge in [-0.05, 0) is 20.8 Å². The van der Waals surface area contributed by atoms with Crippen molar-refractivity contribution in [2.75, 3.05) is 19.6 Å². The van der Waals surface area contributed by atoms with E-state index in [-0.39, 0.29) is 43.2 Å². The summed E-state index contributed by atoms with van der Waals surface area (Å²) in [5, 5.41) is 8.66. The van der Waals surface area contributed by atoms with Gasteiger partial charge >= 0.3 is 5.97 Å². The third kappa shape index (κ3) is 3.94. The number of carbonyl (C=O) groups is 3. The van der Waals surface area contributed by atoms with E-state index in [2.05, 4.69) is 0 Å². The first-order valence-electron chi connectivity index (χ1n) is 6.66. The number of aliphatic carboxylic acids is 1. The zero-order valence-corrected chi connectivity index (χ0v) is 11.8. The molecule has 0 bridgehead atoms. The van der Waals surface area contributed by atoms with Crippen molar-refractivity contribution in [1.29, 1.82) is 0 Å². The van der Waals surface area contributed by atoms with Crippen molar-refractivity contribution in [2.45, 2.75) is 39.7 Å². The van der Waals surface area contributed by atoms with Gasteiger partial charge in [0.15, 0.2) is 0 Å². The lowest BCUT2D eigenvalue weighted by atomic mass is 10.1. The van der Waals surface area contributed by atoms with Crippen LogP contribution >= 0.6 is 0 Å². The molecule has 0 spiro atoms. The predicted octanol–water partition coefficient (Wildman–Crippen LogP) is 0.566. The van der Waals surface area contributed by atoms with E-state index in [1.165, 1.54) is 4.90 Å². The lowest BCUT2D eigenvalue weighted by Crippen LogP contribution is -2.39. The average Bonchev–Trinajstić information content (AvgIpc) is 2.71. The molecule has 1 rings (SSSR count). The zero-order chi connectivity index (χ0) is 14.6. The summed E-state index contributed by atoms with van der Waals surface area (Å²) in [4.78, 5) is 37.8. The Bertz CT molecular complexity index is 368. The number of rotatable bonds is 6. The Morgan fingerprint density at radius 2 is 2.11 bits per heavy atom. The van der Waals surface area contributed by atoms with Crippen LogP contribution in [0.2, 0.25) is 0 Å². The molecule has 0 aromatic rings. The molecule has 0 aliphatic carbocycles. The Hall–Kier alpha value is -1.59. The molecule has 6 nitrogen and oxygen atoms in total. The average molecular weight is 270 g/mol. The van der Waals surface area contributed by atoms with E-state index in [1.807, 2.05) is 20.8 Å². The van der Waals surface area contributed by atoms with E-state index in [0.717, 1.165) is 0 Å². The number of carboxylic acids is 1. The normalized spacial score (nSPS) is 19.1. The third-order valence-electron chi connectivity index (χ3n) is 3.42. The smallest absolute Gasteiger partial charge is 0.305 e. The van der Waals surface area contributed by atoms with Crippen LogP contribution in [0.15, 0.2) is 0 Å². The van der Waals surface area contributed by atoms with Crippen LogP contribution in [0.5, 0.6) is 0 Å². The van der Waals surface area contributed by atoms with Gasteiger partial charge in [-0.1, -0.05) is 0 Å². The number of hydrogen-bond donors (Lipinski definition) is 1. The fraction of sp³-hybridized carbons (Fsp3) is 0.769. The van der Waals surface area contributed by atoms with Gasteiger partial charge in [0.25, 0.3) is 0 Å². The van der Waals surface area contributed by atoms with Gasteiger partial charge in [-0.2, -0.15) is 0 Å². The Kier molecular flexibility index (Phi) is 5.32. The number of nitrogens with zero attached hydrogens (tertiary/aromatic N) is 2. The van der Waals surface area contributed by atoms with Gasteiger partial charge in [0.05, 0.1) is 12.3 Å². The van der Waals surface area contributed by atoms with Crippen molar-refractivity contribution in [3.05, 3.63) is 0 Å². The minimum atomic E-state index is -0.919. The molecule has 0 aromatic heterocycles. The van der Waals surface area contributed by atoms with Crippen molar-refractivity contribution in [3.63, 3.8) is 0 Å². The van der Waals surface area contributed by atoms with E-state index in [9.17, 15) is 14.4 Å². The summed E-state index contributed by atoms with van der Waals surface area (Å²) in [6, 6.07) is 0.0967. The second-order valence-electron chi connectivity index (χ2n) is 5.10. The van der Waals surface area contributed by atoms with Crippen molar-refractivity contribution < 1.29 is 19.5 Å². The summed E-state index contributed by atoms with van der Waals surface area (Å²) in [5.74, 6) is -1.36. The molecule has 108 valence electrons. The van der Waals surface area contributed by atoms with Gasteiger partial charge in [-0.3, -0.25) is 14.4 Å². The summed E-state index contributed by atoms with van der Waals surface area (Å²) in [6.07, 6.45) is 0.175. The maximum absolute atomic E-state index is 12.3. The maximum atomic E-state index is 12.3. The van der Waals surface area contributed by atoms with Gasteiger partial charge in [-0.25, -0.2) is 0 Å². The van der Waals surface area contributed by atoms with Crippen molar-refractivity contribution >= 4 is 17.8 Å². The van der Waals surface area contributed by atoms with Crippen molar-refractivity contribution in [1.82, 2.24) is 9.80 Å². The molecule has 2 amide bonds. The summed E-state index contributed by atoms with van der Waals surface area (Å²) < 4.78 is 0. The van der Waals surface area contributed by atoms with Crippen molar-refractivity contribution in [2.24, 2.45) is 5.92 Å². The molecular formula is C13H22N2O4. The Balaban J connectivity index is 2.61. The number of carbonyl (C=O) groups excluding carboxylic acids is 2. The first kappa shape index (κ1) is 15.5. The van der Waals surface area contributed by atoms with Crippen LogP contribution in [-0.2, 0) is 14.4 Å². The molecular weight excluding hydrogens is 248 g/mol. The molecule has 0 radical (unpaired) electrons. The quantitative estimate of drug-likeness (QED) is 0.765. The van der Waals surface area contributed by atoms with Crippen LogP contribution in [0.3, 0.4) is 0 Å². The minimum Gasteiger partial charge on any atom is -0.481 e. The topological polar surface area (TPSA) is 77.9 Å². The highest BCUT2D eigenvalue weighted by Crippen LogP contribution is 2.22. The number of carboxylic acid groups (broad SMARTS) is 1. The molecule has 19 heavy (non-hydrogen) atoms. The summed E-state index contributed by atoms with van der Waals surface area (Å²) in [5.41, 5.74) is 0. The lowest BCUT2D eigenvalue weighted by Gasteiger charge is -2.24. The molecule has 6 heteroatoms. The van der Waals surface area contributed by atoms with E-state index in [4.69, 9.17) is 5.11 Å².